The highest BCUT2D eigenvalue weighted by atomic mass is 28.4. The van der Waals surface area contributed by atoms with Crippen LogP contribution in [0.3, 0.4) is 0 Å². The molecule has 0 aliphatic carbocycles. The molecule has 0 aromatic carbocycles. The predicted octanol–water partition coefficient (Wildman–Crippen LogP) is 1.50. The van der Waals surface area contributed by atoms with Crippen molar-refractivity contribution in [1.82, 2.24) is 0 Å². The van der Waals surface area contributed by atoms with Gasteiger partial charge in [-0.1, -0.05) is 6.08 Å². The van der Waals surface area contributed by atoms with Gasteiger partial charge < -0.3 is 9.16 Å². The Morgan fingerprint density at radius 3 is 2.50 bits per heavy atom. The van der Waals surface area contributed by atoms with E-state index < -0.39 is 8.32 Å². The summed E-state index contributed by atoms with van der Waals surface area (Å²) in [5.74, 6) is -0.296. The molecule has 0 N–H and O–H groups in total. The third-order valence-electron chi connectivity index (χ3n) is 1.42. The Labute approximate surface area is 74.5 Å². The molecule has 0 aliphatic rings. The number of ether oxygens (including phenoxy) is 1. The van der Waals surface area contributed by atoms with Crippen LogP contribution >= 0.6 is 0 Å². The van der Waals surface area contributed by atoms with E-state index in [1.807, 2.05) is 13.1 Å². The summed E-state index contributed by atoms with van der Waals surface area (Å²) in [6.45, 7) is 5.77. The molecule has 4 heteroatoms. The van der Waals surface area contributed by atoms with Crippen LogP contribution in [0.1, 0.15) is 6.92 Å². The Morgan fingerprint density at radius 1 is 1.50 bits per heavy atom. The zero-order valence-corrected chi connectivity index (χ0v) is 9.09. The third kappa shape index (κ3) is 5.09. The Bertz CT molecular complexity index is 175. The lowest BCUT2D eigenvalue weighted by atomic mass is 10.5. The van der Waals surface area contributed by atoms with Gasteiger partial charge in [0, 0.05) is 13.2 Å². The van der Waals surface area contributed by atoms with E-state index in [2.05, 4.69) is 0 Å². The summed E-state index contributed by atoms with van der Waals surface area (Å²) < 4.78 is 10.2. The van der Waals surface area contributed by atoms with Crippen molar-refractivity contribution in [3.8, 4) is 0 Å². The summed E-state index contributed by atoms with van der Waals surface area (Å²) in [6.07, 6.45) is 3.47. The van der Waals surface area contributed by atoms with Crippen molar-refractivity contribution in [2.45, 2.75) is 20.0 Å². The molecular weight excluding hydrogens is 172 g/mol. The lowest BCUT2D eigenvalue weighted by Crippen LogP contribution is -2.36. The maximum atomic E-state index is 10.9. The highest BCUT2D eigenvalue weighted by Gasteiger charge is 2.22. The average Bonchev–Trinajstić information content (AvgIpc) is 2.02. The lowest BCUT2D eigenvalue weighted by Gasteiger charge is -2.18. The SMILES string of the molecule is CC=CC(=O)OC[Si](C)(C)OC. The maximum absolute atomic E-state index is 10.9. The topological polar surface area (TPSA) is 35.5 Å². The second-order valence-electron chi connectivity index (χ2n) is 3.07. The van der Waals surface area contributed by atoms with Crippen molar-refractivity contribution in [1.29, 1.82) is 0 Å². The van der Waals surface area contributed by atoms with Crippen molar-refractivity contribution in [3.63, 3.8) is 0 Å². The molecule has 0 heterocycles. The summed E-state index contributed by atoms with van der Waals surface area (Å²) in [6, 6.07) is 0. The molecule has 0 saturated carbocycles. The second kappa shape index (κ2) is 5.11. The number of carbonyl (C=O) groups excluding carboxylic acids is 1. The molecule has 0 aliphatic heterocycles. The molecule has 0 radical (unpaired) electrons. The van der Waals surface area contributed by atoms with Crippen molar-refractivity contribution in [2.75, 3.05) is 13.3 Å². The van der Waals surface area contributed by atoms with Crippen LogP contribution in [-0.2, 0) is 14.0 Å². The van der Waals surface area contributed by atoms with Gasteiger partial charge in [-0.25, -0.2) is 4.79 Å². The van der Waals surface area contributed by atoms with Gasteiger partial charge in [-0.2, -0.15) is 0 Å². The maximum Gasteiger partial charge on any atom is 0.330 e. The molecule has 0 unspecified atom stereocenters. The largest absolute Gasteiger partial charge is 0.463 e. The molecule has 0 saturated heterocycles. The van der Waals surface area contributed by atoms with E-state index in [0.29, 0.717) is 6.23 Å². The van der Waals surface area contributed by atoms with E-state index >= 15 is 0 Å². The number of carbonyl (C=O) groups is 1. The van der Waals surface area contributed by atoms with E-state index in [1.54, 1.807) is 20.1 Å². The van der Waals surface area contributed by atoms with Crippen LogP contribution in [0, 0.1) is 0 Å². The van der Waals surface area contributed by atoms with Gasteiger partial charge in [-0.05, 0) is 20.0 Å². The molecule has 0 aromatic rings. The van der Waals surface area contributed by atoms with Crippen molar-refractivity contribution >= 4 is 14.3 Å². The third-order valence-corrected chi connectivity index (χ3v) is 3.36. The molecule has 0 amide bonds. The van der Waals surface area contributed by atoms with Crippen LogP contribution in [0.5, 0.6) is 0 Å². The fourth-order valence-corrected chi connectivity index (χ4v) is 1.10. The van der Waals surface area contributed by atoms with E-state index in [4.69, 9.17) is 9.16 Å². The number of hydrogen-bond acceptors (Lipinski definition) is 3. The van der Waals surface area contributed by atoms with Gasteiger partial charge in [0.15, 0.2) is 0 Å². The first-order valence-electron chi connectivity index (χ1n) is 3.86. The van der Waals surface area contributed by atoms with Crippen LogP contribution in [0.15, 0.2) is 12.2 Å². The molecule has 0 atom stereocenters. The van der Waals surface area contributed by atoms with Crippen LogP contribution in [0.25, 0.3) is 0 Å². The minimum atomic E-state index is -1.75. The van der Waals surface area contributed by atoms with E-state index in [1.165, 1.54) is 6.08 Å². The van der Waals surface area contributed by atoms with Crippen molar-refractivity contribution in [2.24, 2.45) is 0 Å². The first kappa shape index (κ1) is 11.4. The lowest BCUT2D eigenvalue weighted by molar-refractivity contribution is -0.136. The van der Waals surface area contributed by atoms with Gasteiger partial charge in [0.25, 0.3) is 0 Å². The minimum Gasteiger partial charge on any atom is -0.463 e. The van der Waals surface area contributed by atoms with Crippen LogP contribution in [-0.4, -0.2) is 27.6 Å². The van der Waals surface area contributed by atoms with Crippen LogP contribution in [0.2, 0.25) is 13.1 Å². The quantitative estimate of drug-likeness (QED) is 0.381. The summed E-state index contributed by atoms with van der Waals surface area (Å²) in [5.41, 5.74) is 0. The normalized spacial score (nSPS) is 12.0. The Morgan fingerprint density at radius 2 is 2.08 bits per heavy atom. The van der Waals surface area contributed by atoms with Gasteiger partial charge in [-0.3, -0.25) is 0 Å². The molecule has 0 rings (SSSR count). The van der Waals surface area contributed by atoms with E-state index in [0.717, 1.165) is 0 Å². The number of hydrogen-bond donors (Lipinski definition) is 0. The first-order valence-corrected chi connectivity index (χ1v) is 6.98. The Kier molecular flexibility index (Phi) is 4.85. The molecule has 0 fully saturated rings. The highest BCUT2D eigenvalue weighted by Crippen LogP contribution is 2.02. The monoisotopic (exact) mass is 188 g/mol. The number of esters is 1. The van der Waals surface area contributed by atoms with Gasteiger partial charge in [-0.15, -0.1) is 0 Å². The molecule has 12 heavy (non-hydrogen) atoms. The smallest absolute Gasteiger partial charge is 0.330 e. The molecule has 0 aromatic heterocycles. The fourth-order valence-electron chi connectivity index (χ4n) is 0.488. The standard InChI is InChI=1S/C8H16O3Si/c1-5-6-8(9)11-7-12(3,4)10-2/h5-6H,7H2,1-4H3. The van der Waals surface area contributed by atoms with E-state index in [-0.39, 0.29) is 5.97 Å². The van der Waals surface area contributed by atoms with E-state index in [9.17, 15) is 4.79 Å². The number of allylic oxidation sites excluding steroid dienone is 1. The van der Waals surface area contributed by atoms with Gasteiger partial charge >= 0.3 is 5.97 Å². The van der Waals surface area contributed by atoms with Crippen LogP contribution in [0.4, 0.5) is 0 Å². The fraction of sp³-hybridized carbons (Fsp3) is 0.625. The first-order chi connectivity index (χ1) is 5.52. The summed E-state index contributed by atoms with van der Waals surface area (Å²) in [4.78, 5) is 10.9. The van der Waals surface area contributed by atoms with Gasteiger partial charge in [0.2, 0.25) is 8.32 Å². The molecule has 0 spiro atoms. The molecular formula is C8H16O3Si. The summed E-state index contributed by atoms with van der Waals surface area (Å²) >= 11 is 0. The van der Waals surface area contributed by atoms with Crippen molar-refractivity contribution < 1.29 is 14.0 Å². The Hall–Kier alpha value is -0.613. The highest BCUT2D eigenvalue weighted by molar-refractivity contribution is 6.71. The summed E-state index contributed by atoms with van der Waals surface area (Å²) in [5, 5.41) is 0. The number of rotatable bonds is 4. The zero-order chi connectivity index (χ0) is 9.61. The zero-order valence-electron chi connectivity index (χ0n) is 8.09. The molecule has 3 nitrogen and oxygen atoms in total. The Balaban J connectivity index is 3.75. The van der Waals surface area contributed by atoms with Crippen LogP contribution < -0.4 is 0 Å². The minimum absolute atomic E-state index is 0.296. The van der Waals surface area contributed by atoms with Gasteiger partial charge in [0.05, 0.1) is 0 Å². The summed E-state index contributed by atoms with van der Waals surface area (Å²) in [7, 11) is -0.0975. The van der Waals surface area contributed by atoms with Gasteiger partial charge in [0.1, 0.15) is 6.23 Å². The average molecular weight is 188 g/mol. The molecule has 0 bridgehead atoms. The van der Waals surface area contributed by atoms with Crippen molar-refractivity contribution in [3.05, 3.63) is 12.2 Å². The second-order valence-corrected chi connectivity index (χ2v) is 7.29. The molecule has 70 valence electrons. The predicted molar refractivity (Wildman–Crippen MR) is 50.3 cm³/mol.